The molecule has 1 aromatic carbocycles. The second kappa shape index (κ2) is 4.89. The summed E-state index contributed by atoms with van der Waals surface area (Å²) in [7, 11) is 0. The minimum atomic E-state index is -1.08. The van der Waals surface area contributed by atoms with Crippen LogP contribution in [0.2, 0.25) is 0 Å². The lowest BCUT2D eigenvalue weighted by Gasteiger charge is -2.06. The van der Waals surface area contributed by atoms with Crippen molar-refractivity contribution >= 4 is 17.0 Å². The van der Waals surface area contributed by atoms with Crippen molar-refractivity contribution in [1.29, 1.82) is 0 Å². The number of carbonyl (C=O) groups is 1. The lowest BCUT2D eigenvalue weighted by atomic mass is 10.2. The van der Waals surface area contributed by atoms with Crippen LogP contribution in [0, 0.1) is 0 Å². The first-order valence-electron chi connectivity index (χ1n) is 6.43. The number of carboxylic acids is 1. The summed E-state index contributed by atoms with van der Waals surface area (Å²) < 4.78 is 3.17. The molecule has 0 amide bonds. The van der Waals surface area contributed by atoms with E-state index in [9.17, 15) is 14.7 Å². The summed E-state index contributed by atoms with van der Waals surface area (Å²) in [5.74, 6) is -0.481. The summed E-state index contributed by atoms with van der Waals surface area (Å²) >= 11 is 0. The Morgan fingerprint density at radius 3 is 2.95 bits per heavy atom. The third-order valence-corrected chi connectivity index (χ3v) is 3.36. The Morgan fingerprint density at radius 1 is 1.43 bits per heavy atom. The van der Waals surface area contributed by atoms with Crippen molar-refractivity contribution in [2.75, 3.05) is 0 Å². The third kappa shape index (κ3) is 2.10. The fourth-order valence-electron chi connectivity index (χ4n) is 2.35. The zero-order chi connectivity index (χ0) is 15.0. The molecule has 3 rings (SSSR count). The standard InChI is InChI=1S/C13H13N5O3/c1-2-17-7-14-16-10(17)6-18-11-8(12(19)20)4-3-5-9(11)15-13(18)21/h3-5,7H,2,6H2,1H3,(H,15,21)(H,19,20). The van der Waals surface area contributed by atoms with Gasteiger partial charge in [0.2, 0.25) is 0 Å². The molecule has 0 saturated heterocycles. The number of hydrogen-bond donors (Lipinski definition) is 2. The van der Waals surface area contributed by atoms with Gasteiger partial charge < -0.3 is 14.7 Å². The molecular formula is C13H13N5O3. The zero-order valence-corrected chi connectivity index (χ0v) is 11.3. The van der Waals surface area contributed by atoms with Gasteiger partial charge in [-0.25, -0.2) is 9.59 Å². The molecule has 0 aliphatic heterocycles. The van der Waals surface area contributed by atoms with Crippen LogP contribution in [0.1, 0.15) is 23.1 Å². The monoisotopic (exact) mass is 287 g/mol. The molecule has 2 heterocycles. The molecule has 0 saturated carbocycles. The van der Waals surface area contributed by atoms with Crippen LogP contribution in [0.3, 0.4) is 0 Å². The molecule has 3 aromatic rings. The van der Waals surface area contributed by atoms with Gasteiger partial charge in [-0.15, -0.1) is 10.2 Å². The van der Waals surface area contributed by atoms with Gasteiger partial charge in [0, 0.05) is 6.54 Å². The van der Waals surface area contributed by atoms with Crippen LogP contribution in [0.25, 0.3) is 11.0 Å². The van der Waals surface area contributed by atoms with Crippen LogP contribution in [0.4, 0.5) is 0 Å². The number of fused-ring (bicyclic) bond motifs is 1. The van der Waals surface area contributed by atoms with Crippen molar-refractivity contribution in [1.82, 2.24) is 24.3 Å². The molecule has 0 radical (unpaired) electrons. The molecule has 0 spiro atoms. The smallest absolute Gasteiger partial charge is 0.337 e. The molecule has 0 bridgehead atoms. The Hall–Kier alpha value is -2.90. The maximum Gasteiger partial charge on any atom is 0.337 e. The largest absolute Gasteiger partial charge is 0.478 e. The van der Waals surface area contributed by atoms with Gasteiger partial charge in [0.25, 0.3) is 0 Å². The molecule has 0 aliphatic carbocycles. The summed E-state index contributed by atoms with van der Waals surface area (Å²) in [6, 6.07) is 4.74. The van der Waals surface area contributed by atoms with Gasteiger partial charge in [-0.3, -0.25) is 4.57 Å². The lowest BCUT2D eigenvalue weighted by Crippen LogP contribution is -2.20. The molecule has 0 atom stereocenters. The van der Waals surface area contributed by atoms with E-state index in [1.54, 1.807) is 23.0 Å². The Labute approximate surface area is 118 Å². The molecule has 8 heteroatoms. The van der Waals surface area contributed by atoms with Crippen LogP contribution in [-0.4, -0.2) is 35.4 Å². The van der Waals surface area contributed by atoms with Crippen LogP contribution in [0.15, 0.2) is 29.3 Å². The second-order valence-corrected chi connectivity index (χ2v) is 4.56. The lowest BCUT2D eigenvalue weighted by molar-refractivity contribution is 0.0698. The predicted octanol–water partition coefficient (Wildman–Crippen LogP) is 0.687. The quantitative estimate of drug-likeness (QED) is 0.734. The molecule has 0 aliphatic rings. The van der Waals surface area contributed by atoms with Crippen molar-refractivity contribution in [2.24, 2.45) is 0 Å². The fraction of sp³-hybridized carbons (Fsp3) is 0.231. The number of rotatable bonds is 4. The van der Waals surface area contributed by atoms with E-state index in [0.717, 1.165) is 0 Å². The van der Waals surface area contributed by atoms with Gasteiger partial charge in [-0.1, -0.05) is 6.07 Å². The Morgan fingerprint density at radius 2 is 2.24 bits per heavy atom. The van der Waals surface area contributed by atoms with E-state index in [-0.39, 0.29) is 17.8 Å². The second-order valence-electron chi connectivity index (χ2n) is 4.56. The normalized spacial score (nSPS) is 11.1. The number of aromatic carboxylic acids is 1. The molecule has 0 unspecified atom stereocenters. The Balaban J connectivity index is 2.20. The van der Waals surface area contributed by atoms with E-state index < -0.39 is 5.97 Å². The van der Waals surface area contributed by atoms with Crippen LogP contribution < -0.4 is 5.69 Å². The number of nitrogens with zero attached hydrogens (tertiary/aromatic N) is 4. The maximum absolute atomic E-state index is 12.1. The van der Waals surface area contributed by atoms with Gasteiger partial charge in [0.1, 0.15) is 6.33 Å². The number of carboxylic acid groups (broad SMARTS) is 1. The van der Waals surface area contributed by atoms with Gasteiger partial charge in [0.05, 0.1) is 23.1 Å². The zero-order valence-electron chi connectivity index (χ0n) is 11.3. The highest BCUT2D eigenvalue weighted by atomic mass is 16.4. The SMILES string of the molecule is CCn1cnnc1Cn1c(=O)[nH]c2cccc(C(=O)O)c21. The molecule has 21 heavy (non-hydrogen) atoms. The molecule has 2 N–H and O–H groups in total. The van der Waals surface area contributed by atoms with Gasteiger partial charge >= 0.3 is 11.7 Å². The van der Waals surface area contributed by atoms with E-state index in [2.05, 4.69) is 15.2 Å². The first kappa shape index (κ1) is 13.1. The highest BCUT2D eigenvalue weighted by Gasteiger charge is 2.17. The fourth-order valence-corrected chi connectivity index (χ4v) is 2.35. The number of nitrogens with one attached hydrogen (secondary N) is 1. The van der Waals surface area contributed by atoms with Crippen molar-refractivity contribution in [2.45, 2.75) is 20.0 Å². The number of aromatic nitrogens is 5. The Kier molecular flexibility index (Phi) is 3.05. The molecule has 0 fully saturated rings. The highest BCUT2D eigenvalue weighted by molar-refractivity contribution is 6.01. The van der Waals surface area contributed by atoms with Gasteiger partial charge in [-0.2, -0.15) is 0 Å². The van der Waals surface area contributed by atoms with Crippen molar-refractivity contribution in [3.05, 3.63) is 46.4 Å². The number of aromatic amines is 1. The van der Waals surface area contributed by atoms with E-state index in [1.807, 2.05) is 6.92 Å². The number of imidazole rings is 1. The summed E-state index contributed by atoms with van der Waals surface area (Å²) in [6.07, 6.45) is 1.58. The molecule has 108 valence electrons. The first-order chi connectivity index (χ1) is 10.1. The summed E-state index contributed by atoms with van der Waals surface area (Å²) in [5.41, 5.74) is 0.556. The van der Waals surface area contributed by atoms with Crippen LogP contribution in [-0.2, 0) is 13.1 Å². The minimum absolute atomic E-state index is 0.0772. The average molecular weight is 287 g/mol. The Bertz CT molecular complexity index is 873. The van der Waals surface area contributed by atoms with Gasteiger partial charge in [0.15, 0.2) is 5.82 Å². The van der Waals surface area contributed by atoms with Gasteiger partial charge in [-0.05, 0) is 19.1 Å². The number of hydrogen-bond acceptors (Lipinski definition) is 4. The van der Waals surface area contributed by atoms with E-state index >= 15 is 0 Å². The highest BCUT2D eigenvalue weighted by Crippen LogP contribution is 2.17. The average Bonchev–Trinajstić information content (AvgIpc) is 3.03. The van der Waals surface area contributed by atoms with Crippen LogP contribution in [0.5, 0.6) is 0 Å². The van der Waals surface area contributed by atoms with Crippen molar-refractivity contribution < 1.29 is 9.90 Å². The molecule has 2 aromatic heterocycles. The third-order valence-electron chi connectivity index (χ3n) is 3.36. The van der Waals surface area contributed by atoms with Crippen molar-refractivity contribution in [3.63, 3.8) is 0 Å². The summed E-state index contributed by atoms with van der Waals surface area (Å²) in [4.78, 5) is 26.1. The maximum atomic E-state index is 12.1. The first-order valence-corrected chi connectivity index (χ1v) is 6.43. The van der Waals surface area contributed by atoms with E-state index in [1.165, 1.54) is 10.6 Å². The van der Waals surface area contributed by atoms with E-state index in [4.69, 9.17) is 0 Å². The number of H-pyrrole nitrogens is 1. The summed E-state index contributed by atoms with van der Waals surface area (Å²) in [5, 5.41) is 17.1. The molecule has 8 nitrogen and oxygen atoms in total. The number of aryl methyl sites for hydroxylation is 1. The topological polar surface area (TPSA) is 106 Å². The summed E-state index contributed by atoms with van der Waals surface area (Å²) in [6.45, 7) is 2.77. The van der Waals surface area contributed by atoms with Crippen LogP contribution >= 0.6 is 0 Å². The molecular weight excluding hydrogens is 274 g/mol. The number of para-hydroxylation sites is 1. The predicted molar refractivity (Wildman–Crippen MR) is 74.3 cm³/mol. The van der Waals surface area contributed by atoms with Crippen molar-refractivity contribution in [3.8, 4) is 0 Å². The van der Waals surface area contributed by atoms with E-state index in [0.29, 0.717) is 23.4 Å². The number of benzene rings is 1. The minimum Gasteiger partial charge on any atom is -0.478 e.